The SMILES string of the molecule is O=C([C@H](N[C@@H](c1ccc(F)cc1)c1cccs1)c1ccccc1)N1CCOCC1. The molecular weight excluding hydrogens is 387 g/mol. The molecule has 2 aromatic carbocycles. The molecule has 0 aliphatic carbocycles. The van der Waals surface area contributed by atoms with Crippen molar-refractivity contribution >= 4 is 17.2 Å². The molecule has 0 unspecified atom stereocenters. The van der Waals surface area contributed by atoms with Gasteiger partial charge in [0.15, 0.2) is 0 Å². The lowest BCUT2D eigenvalue weighted by Gasteiger charge is -2.33. The summed E-state index contributed by atoms with van der Waals surface area (Å²) in [5.41, 5.74) is 1.83. The van der Waals surface area contributed by atoms with E-state index < -0.39 is 6.04 Å². The van der Waals surface area contributed by atoms with Crippen LogP contribution in [0.25, 0.3) is 0 Å². The first-order chi connectivity index (χ1) is 14.2. The predicted octanol–water partition coefficient (Wildman–Crippen LogP) is 4.17. The van der Waals surface area contributed by atoms with E-state index in [1.807, 2.05) is 52.7 Å². The summed E-state index contributed by atoms with van der Waals surface area (Å²) in [5.74, 6) is -0.245. The van der Waals surface area contributed by atoms with Crippen molar-refractivity contribution in [1.29, 1.82) is 0 Å². The zero-order valence-corrected chi connectivity index (χ0v) is 16.8. The second-order valence-corrected chi connectivity index (χ2v) is 7.93. The number of nitrogens with one attached hydrogen (secondary N) is 1. The number of halogens is 1. The van der Waals surface area contributed by atoms with Crippen molar-refractivity contribution in [3.05, 3.63) is 93.9 Å². The number of amides is 1. The minimum Gasteiger partial charge on any atom is -0.378 e. The van der Waals surface area contributed by atoms with Crippen LogP contribution < -0.4 is 5.32 Å². The zero-order chi connectivity index (χ0) is 20.1. The van der Waals surface area contributed by atoms with E-state index in [2.05, 4.69) is 5.32 Å². The molecule has 2 atom stereocenters. The molecule has 6 heteroatoms. The molecule has 29 heavy (non-hydrogen) atoms. The molecule has 4 nitrogen and oxygen atoms in total. The molecule has 4 rings (SSSR count). The molecule has 1 N–H and O–H groups in total. The first kappa shape index (κ1) is 19.8. The van der Waals surface area contributed by atoms with E-state index in [9.17, 15) is 9.18 Å². The van der Waals surface area contributed by atoms with Crippen LogP contribution in [-0.2, 0) is 9.53 Å². The summed E-state index contributed by atoms with van der Waals surface area (Å²) >= 11 is 1.61. The van der Waals surface area contributed by atoms with Crippen molar-refractivity contribution in [2.75, 3.05) is 26.3 Å². The average Bonchev–Trinajstić information content (AvgIpc) is 3.31. The molecule has 150 valence electrons. The van der Waals surface area contributed by atoms with E-state index in [-0.39, 0.29) is 17.8 Å². The minimum absolute atomic E-state index is 0.0307. The Hall–Kier alpha value is -2.54. The van der Waals surface area contributed by atoms with Gasteiger partial charge in [0.25, 0.3) is 0 Å². The smallest absolute Gasteiger partial charge is 0.244 e. The quantitative estimate of drug-likeness (QED) is 0.663. The summed E-state index contributed by atoms with van der Waals surface area (Å²) in [4.78, 5) is 16.4. The molecule has 0 bridgehead atoms. The van der Waals surface area contributed by atoms with Gasteiger partial charge in [-0.05, 0) is 34.7 Å². The van der Waals surface area contributed by atoms with Crippen molar-refractivity contribution in [1.82, 2.24) is 10.2 Å². The number of rotatable bonds is 6. The van der Waals surface area contributed by atoms with Crippen LogP contribution in [0.4, 0.5) is 4.39 Å². The summed E-state index contributed by atoms with van der Waals surface area (Å²) in [7, 11) is 0. The zero-order valence-electron chi connectivity index (χ0n) is 16.0. The first-order valence-corrected chi connectivity index (χ1v) is 10.6. The van der Waals surface area contributed by atoms with E-state index in [4.69, 9.17) is 4.74 Å². The fourth-order valence-corrected chi connectivity index (χ4v) is 4.35. The maximum Gasteiger partial charge on any atom is 0.244 e. The highest BCUT2D eigenvalue weighted by Crippen LogP contribution is 2.30. The lowest BCUT2D eigenvalue weighted by Crippen LogP contribution is -2.47. The lowest BCUT2D eigenvalue weighted by atomic mass is 10.00. The number of ether oxygens (including phenoxy) is 1. The Kier molecular flexibility index (Phi) is 6.34. The lowest BCUT2D eigenvalue weighted by molar-refractivity contribution is -0.137. The monoisotopic (exact) mass is 410 g/mol. The molecule has 0 saturated carbocycles. The summed E-state index contributed by atoms with van der Waals surface area (Å²) in [6.07, 6.45) is 0. The second-order valence-electron chi connectivity index (χ2n) is 6.95. The first-order valence-electron chi connectivity index (χ1n) is 9.69. The number of benzene rings is 2. The molecule has 1 aliphatic heterocycles. The molecule has 1 aliphatic rings. The van der Waals surface area contributed by atoms with E-state index in [1.54, 1.807) is 23.5 Å². The van der Waals surface area contributed by atoms with Crippen LogP contribution in [0.15, 0.2) is 72.1 Å². The summed E-state index contributed by atoms with van der Waals surface area (Å²) < 4.78 is 18.9. The molecule has 0 spiro atoms. The van der Waals surface area contributed by atoms with Gasteiger partial charge in [-0.25, -0.2) is 4.39 Å². The number of hydrogen-bond acceptors (Lipinski definition) is 4. The molecular formula is C23H23FN2O2S. The largest absolute Gasteiger partial charge is 0.378 e. The number of carbonyl (C=O) groups is 1. The molecule has 1 fully saturated rings. The Morgan fingerprint density at radius 1 is 0.966 bits per heavy atom. The van der Waals surface area contributed by atoms with Gasteiger partial charge in [-0.15, -0.1) is 11.3 Å². The number of nitrogens with zero attached hydrogens (tertiary/aromatic N) is 1. The Morgan fingerprint density at radius 2 is 1.69 bits per heavy atom. The van der Waals surface area contributed by atoms with Crippen molar-refractivity contribution in [3.8, 4) is 0 Å². The van der Waals surface area contributed by atoms with Gasteiger partial charge in [0.1, 0.15) is 11.9 Å². The van der Waals surface area contributed by atoms with Crippen LogP contribution in [0, 0.1) is 5.82 Å². The van der Waals surface area contributed by atoms with Crippen LogP contribution in [0.3, 0.4) is 0 Å². The highest BCUT2D eigenvalue weighted by Gasteiger charge is 2.30. The van der Waals surface area contributed by atoms with E-state index in [0.717, 1.165) is 16.0 Å². The maximum absolute atomic E-state index is 13.5. The van der Waals surface area contributed by atoms with Crippen molar-refractivity contribution < 1.29 is 13.9 Å². The number of carbonyl (C=O) groups excluding carboxylic acids is 1. The third-order valence-corrected chi connectivity index (χ3v) is 6.00. The van der Waals surface area contributed by atoms with Crippen molar-refractivity contribution in [2.24, 2.45) is 0 Å². The van der Waals surface area contributed by atoms with Gasteiger partial charge in [-0.2, -0.15) is 0 Å². The Balaban J connectivity index is 1.68. The topological polar surface area (TPSA) is 41.6 Å². The molecule has 0 radical (unpaired) electrons. The summed E-state index contributed by atoms with van der Waals surface area (Å²) in [6, 6.07) is 19.5. The van der Waals surface area contributed by atoms with Gasteiger partial charge >= 0.3 is 0 Å². The fourth-order valence-electron chi connectivity index (χ4n) is 3.54. The van der Waals surface area contributed by atoms with E-state index in [0.29, 0.717) is 26.3 Å². The van der Waals surface area contributed by atoms with E-state index >= 15 is 0 Å². The number of thiophene rings is 1. The van der Waals surface area contributed by atoms with Gasteiger partial charge in [0.05, 0.1) is 19.3 Å². The molecule has 2 heterocycles. The molecule has 1 amide bonds. The van der Waals surface area contributed by atoms with Gasteiger partial charge < -0.3 is 9.64 Å². The van der Waals surface area contributed by atoms with Crippen LogP contribution in [0.2, 0.25) is 0 Å². The highest BCUT2D eigenvalue weighted by molar-refractivity contribution is 7.10. The van der Waals surface area contributed by atoms with Gasteiger partial charge in [0, 0.05) is 18.0 Å². The number of hydrogen-bond donors (Lipinski definition) is 1. The maximum atomic E-state index is 13.5. The molecule has 3 aromatic rings. The standard InChI is InChI=1S/C23H23FN2O2S/c24-19-10-8-18(9-11-19)21(20-7-4-16-29-20)25-22(17-5-2-1-3-6-17)23(27)26-12-14-28-15-13-26/h1-11,16,21-22,25H,12-15H2/t21-,22+/m0/s1. The van der Waals surface area contributed by atoms with Gasteiger partial charge in [-0.3, -0.25) is 10.1 Å². The average molecular weight is 411 g/mol. The van der Waals surface area contributed by atoms with Crippen molar-refractivity contribution in [2.45, 2.75) is 12.1 Å². The third kappa shape index (κ3) is 4.72. The van der Waals surface area contributed by atoms with E-state index in [1.165, 1.54) is 12.1 Å². The van der Waals surface area contributed by atoms with Gasteiger partial charge in [0.2, 0.25) is 5.91 Å². The van der Waals surface area contributed by atoms with Crippen LogP contribution in [0.5, 0.6) is 0 Å². The Bertz CT molecular complexity index is 910. The minimum atomic E-state index is -0.508. The normalized spacial score (nSPS) is 16.4. The van der Waals surface area contributed by atoms with Crippen LogP contribution in [0.1, 0.15) is 28.1 Å². The third-order valence-electron chi connectivity index (χ3n) is 5.07. The molecule has 1 saturated heterocycles. The Labute approximate surface area is 173 Å². The fraction of sp³-hybridized carbons (Fsp3) is 0.261. The predicted molar refractivity (Wildman–Crippen MR) is 112 cm³/mol. The van der Waals surface area contributed by atoms with Crippen LogP contribution >= 0.6 is 11.3 Å². The summed E-state index contributed by atoms with van der Waals surface area (Å²) in [5, 5.41) is 5.57. The van der Waals surface area contributed by atoms with Gasteiger partial charge in [-0.1, -0.05) is 48.5 Å². The Morgan fingerprint density at radius 3 is 2.34 bits per heavy atom. The number of morpholine rings is 1. The van der Waals surface area contributed by atoms with Crippen molar-refractivity contribution in [3.63, 3.8) is 0 Å². The highest BCUT2D eigenvalue weighted by atomic mass is 32.1. The molecule has 1 aromatic heterocycles. The summed E-state index contributed by atoms with van der Waals surface area (Å²) in [6.45, 7) is 2.28. The second kappa shape index (κ2) is 9.31. The van der Waals surface area contributed by atoms with Crippen LogP contribution in [-0.4, -0.2) is 37.1 Å².